The molecule has 0 N–H and O–H groups in total. The van der Waals surface area contributed by atoms with Crippen molar-refractivity contribution in [1.82, 2.24) is 4.57 Å². The third-order valence-electron chi connectivity index (χ3n) is 11.9. The molecular formula is C54H41NO. The van der Waals surface area contributed by atoms with E-state index in [9.17, 15) is 4.79 Å². The third kappa shape index (κ3) is 5.21. The molecule has 0 atom stereocenters. The van der Waals surface area contributed by atoms with Crippen LogP contribution in [-0.4, -0.2) is 10.4 Å². The number of fused-ring (bicyclic) bond motifs is 5. The molecule has 0 amide bonds. The van der Waals surface area contributed by atoms with Crippen molar-refractivity contribution in [2.24, 2.45) is 0 Å². The number of benzene rings is 8. The number of aromatic nitrogens is 1. The van der Waals surface area contributed by atoms with E-state index in [1.165, 1.54) is 32.9 Å². The lowest BCUT2D eigenvalue weighted by Crippen LogP contribution is -2.38. The van der Waals surface area contributed by atoms with E-state index >= 15 is 0 Å². The average molecular weight is 720 g/mol. The molecule has 0 bridgehead atoms. The second-order valence-corrected chi connectivity index (χ2v) is 16.1. The van der Waals surface area contributed by atoms with Gasteiger partial charge in [-0.1, -0.05) is 172 Å². The van der Waals surface area contributed by atoms with Crippen LogP contribution in [0.1, 0.15) is 64.5 Å². The number of carbonyl (C=O) groups is 1. The highest BCUT2D eigenvalue weighted by Crippen LogP contribution is 2.51. The first kappa shape index (κ1) is 33.8. The predicted octanol–water partition coefficient (Wildman–Crippen LogP) is 13.3. The lowest BCUT2D eigenvalue weighted by atomic mass is 9.59. The predicted molar refractivity (Wildman–Crippen MR) is 232 cm³/mol. The van der Waals surface area contributed by atoms with Gasteiger partial charge in [-0.15, -0.1) is 0 Å². The van der Waals surface area contributed by atoms with Crippen molar-refractivity contribution in [3.63, 3.8) is 0 Å². The largest absolute Gasteiger partial charge is 0.309 e. The van der Waals surface area contributed by atoms with E-state index in [4.69, 9.17) is 0 Å². The number of hydrogen-bond acceptors (Lipinski definition) is 1. The van der Waals surface area contributed by atoms with Gasteiger partial charge in [-0.05, 0) is 98.0 Å². The molecule has 0 saturated heterocycles. The number of rotatable bonds is 5. The molecule has 2 nitrogen and oxygen atoms in total. The minimum Gasteiger partial charge on any atom is -0.309 e. The van der Waals surface area contributed by atoms with Gasteiger partial charge in [0.15, 0.2) is 5.78 Å². The van der Waals surface area contributed by atoms with Gasteiger partial charge in [-0.25, -0.2) is 0 Å². The molecule has 2 heteroatoms. The average Bonchev–Trinajstić information content (AvgIpc) is 3.58. The SMILES string of the molecule is CC(C)(C)c1ccc2c(c1)c1cc(-c3ccc(-c4ccc5c(c4)C(c4ccccc4)(c4ccccc4)c4ccccc4C5=O)cc3)ccc1n2-c1ccccc1. The van der Waals surface area contributed by atoms with Crippen molar-refractivity contribution in [3.05, 3.63) is 233 Å². The summed E-state index contributed by atoms with van der Waals surface area (Å²) < 4.78 is 2.38. The van der Waals surface area contributed by atoms with E-state index in [1.54, 1.807) is 0 Å². The van der Waals surface area contributed by atoms with Gasteiger partial charge in [0, 0.05) is 27.6 Å². The van der Waals surface area contributed by atoms with E-state index in [-0.39, 0.29) is 11.2 Å². The Bertz CT molecular complexity index is 2890. The van der Waals surface area contributed by atoms with E-state index in [1.807, 2.05) is 18.2 Å². The van der Waals surface area contributed by atoms with Crippen molar-refractivity contribution >= 4 is 27.6 Å². The monoisotopic (exact) mass is 719 g/mol. The molecule has 268 valence electrons. The molecule has 0 spiro atoms. The second kappa shape index (κ2) is 12.9. The van der Waals surface area contributed by atoms with Crippen molar-refractivity contribution in [2.45, 2.75) is 31.6 Å². The van der Waals surface area contributed by atoms with Crippen LogP contribution in [0.2, 0.25) is 0 Å². The van der Waals surface area contributed by atoms with Crippen LogP contribution in [0.15, 0.2) is 194 Å². The lowest BCUT2D eigenvalue weighted by molar-refractivity contribution is 0.103. The van der Waals surface area contributed by atoms with Crippen molar-refractivity contribution in [2.75, 3.05) is 0 Å². The van der Waals surface area contributed by atoms with Gasteiger partial charge in [0.1, 0.15) is 0 Å². The summed E-state index contributed by atoms with van der Waals surface area (Å²) in [5.74, 6) is 0.0682. The zero-order valence-electron chi connectivity index (χ0n) is 31.8. The Hall–Kier alpha value is -6.77. The maximum atomic E-state index is 14.2. The van der Waals surface area contributed by atoms with Crippen LogP contribution in [0.5, 0.6) is 0 Å². The molecule has 0 radical (unpaired) electrons. The molecule has 1 aliphatic rings. The summed E-state index contributed by atoms with van der Waals surface area (Å²) in [6, 6.07) is 69.2. The highest BCUT2D eigenvalue weighted by Gasteiger charge is 2.46. The molecule has 0 saturated carbocycles. The lowest BCUT2D eigenvalue weighted by Gasteiger charge is -2.42. The Balaban J connectivity index is 1.11. The van der Waals surface area contributed by atoms with Gasteiger partial charge in [0.25, 0.3) is 0 Å². The van der Waals surface area contributed by atoms with Crippen LogP contribution in [0.3, 0.4) is 0 Å². The Morgan fingerprint density at radius 1 is 0.429 bits per heavy atom. The first-order chi connectivity index (χ1) is 27.3. The molecule has 10 rings (SSSR count). The van der Waals surface area contributed by atoms with Crippen LogP contribution in [-0.2, 0) is 10.8 Å². The Kier molecular flexibility index (Phi) is 7.80. The van der Waals surface area contributed by atoms with Crippen LogP contribution < -0.4 is 0 Å². The quantitative estimate of drug-likeness (QED) is 0.174. The minimum absolute atomic E-state index is 0.0397. The summed E-state index contributed by atoms with van der Waals surface area (Å²) in [6.07, 6.45) is 0. The summed E-state index contributed by atoms with van der Waals surface area (Å²) in [7, 11) is 0. The summed E-state index contributed by atoms with van der Waals surface area (Å²) in [6.45, 7) is 6.83. The highest BCUT2D eigenvalue weighted by atomic mass is 16.1. The molecule has 8 aromatic carbocycles. The summed E-state index contributed by atoms with van der Waals surface area (Å²) in [5.41, 5.74) is 14.6. The van der Waals surface area contributed by atoms with E-state index < -0.39 is 5.41 Å². The third-order valence-corrected chi connectivity index (χ3v) is 11.9. The first-order valence-electron chi connectivity index (χ1n) is 19.5. The number of nitrogens with zero attached hydrogens (tertiary/aromatic N) is 1. The van der Waals surface area contributed by atoms with Crippen LogP contribution >= 0.6 is 0 Å². The molecular weight excluding hydrogens is 679 g/mol. The summed E-state index contributed by atoms with van der Waals surface area (Å²) in [5, 5.41) is 2.51. The molecule has 0 fully saturated rings. The van der Waals surface area contributed by atoms with Crippen LogP contribution in [0.4, 0.5) is 0 Å². The maximum Gasteiger partial charge on any atom is 0.193 e. The van der Waals surface area contributed by atoms with Gasteiger partial charge in [0.2, 0.25) is 0 Å². The fourth-order valence-electron chi connectivity index (χ4n) is 9.08. The van der Waals surface area contributed by atoms with Crippen LogP contribution in [0.25, 0.3) is 49.7 Å². The molecule has 0 aliphatic heterocycles. The highest BCUT2D eigenvalue weighted by molar-refractivity contribution is 6.14. The minimum atomic E-state index is -0.667. The van der Waals surface area contributed by atoms with Gasteiger partial charge in [-0.3, -0.25) is 4.79 Å². The number of ketones is 1. The fraction of sp³-hybridized carbons (Fsp3) is 0.0926. The van der Waals surface area contributed by atoms with E-state index in [2.05, 4.69) is 201 Å². The Morgan fingerprint density at radius 3 is 1.54 bits per heavy atom. The number of carbonyl (C=O) groups excluding carboxylic acids is 1. The van der Waals surface area contributed by atoms with Crippen LogP contribution in [0, 0.1) is 0 Å². The maximum absolute atomic E-state index is 14.2. The smallest absolute Gasteiger partial charge is 0.193 e. The van der Waals surface area contributed by atoms with Crippen molar-refractivity contribution in [1.29, 1.82) is 0 Å². The van der Waals surface area contributed by atoms with Gasteiger partial charge in [-0.2, -0.15) is 0 Å². The van der Waals surface area contributed by atoms with E-state index in [0.29, 0.717) is 0 Å². The zero-order chi connectivity index (χ0) is 38.0. The van der Waals surface area contributed by atoms with Gasteiger partial charge < -0.3 is 4.57 Å². The molecule has 0 unspecified atom stereocenters. The molecule has 1 aliphatic carbocycles. The normalized spacial score (nSPS) is 13.4. The van der Waals surface area contributed by atoms with Gasteiger partial charge >= 0.3 is 0 Å². The number of para-hydroxylation sites is 1. The molecule has 1 aromatic heterocycles. The summed E-state index contributed by atoms with van der Waals surface area (Å²) >= 11 is 0. The van der Waals surface area contributed by atoms with Gasteiger partial charge in [0.05, 0.1) is 16.4 Å². The summed E-state index contributed by atoms with van der Waals surface area (Å²) in [4.78, 5) is 14.2. The molecule has 9 aromatic rings. The van der Waals surface area contributed by atoms with E-state index in [0.717, 1.165) is 55.8 Å². The standard InChI is InChI=1S/C54H41NO/c1-53(2,3)42-29-32-51-47(35-42)46-33-38(28-31-50(46)55(51)43-19-11-6-12-20-43)36-23-25-37(26-24-36)39-27-30-45-49(34-39)54(40-15-7-4-8-16-40,41-17-9-5-10-18-41)48-22-14-13-21-44(48)52(45)56/h4-35H,1-3H3. The second-order valence-electron chi connectivity index (χ2n) is 16.1. The molecule has 56 heavy (non-hydrogen) atoms. The Labute approximate surface area is 328 Å². The zero-order valence-corrected chi connectivity index (χ0v) is 31.8. The van der Waals surface area contributed by atoms with Crippen molar-refractivity contribution < 1.29 is 4.79 Å². The molecule has 1 heterocycles. The van der Waals surface area contributed by atoms with Crippen molar-refractivity contribution in [3.8, 4) is 27.9 Å². The Morgan fingerprint density at radius 2 is 0.911 bits per heavy atom. The first-order valence-corrected chi connectivity index (χ1v) is 19.5. The fourth-order valence-corrected chi connectivity index (χ4v) is 9.08. The topological polar surface area (TPSA) is 22.0 Å². The number of hydrogen-bond donors (Lipinski definition) is 0.